The monoisotopic (exact) mass is 471 g/mol. The zero-order chi connectivity index (χ0) is 24.6. The molecule has 1 aromatic heterocycles. The van der Waals surface area contributed by atoms with E-state index in [-0.39, 0.29) is 16.9 Å². The number of thioether (sulfide) groups is 1. The predicted octanol–water partition coefficient (Wildman–Crippen LogP) is 4.92. The Labute approximate surface area is 198 Å². The van der Waals surface area contributed by atoms with E-state index in [0.717, 1.165) is 11.3 Å². The standard InChI is InChI=1S/C24H29N3O5S/c1-7-27-20(12-16(2)26-27)22(31-15-32-23(29)33-14-21(28)30-6)19(13-25)17-8-10-18(11-9-17)24(3,4)5/h8-12H,7,14-15H2,1-6H3/b22-19-. The molecule has 176 valence electrons. The van der Waals surface area contributed by atoms with Gasteiger partial charge < -0.3 is 14.2 Å². The van der Waals surface area contributed by atoms with E-state index in [0.29, 0.717) is 35.1 Å². The number of nitrogens with zero attached hydrogens (tertiary/aromatic N) is 3. The van der Waals surface area contributed by atoms with Gasteiger partial charge in [-0.15, -0.1) is 0 Å². The molecule has 0 aliphatic rings. The first-order valence-electron chi connectivity index (χ1n) is 10.4. The summed E-state index contributed by atoms with van der Waals surface area (Å²) in [6.45, 7) is 10.3. The molecule has 2 rings (SSSR count). The Kier molecular flexibility index (Phi) is 9.12. The van der Waals surface area contributed by atoms with Crippen molar-refractivity contribution in [3.05, 3.63) is 52.8 Å². The molecular weight excluding hydrogens is 442 g/mol. The number of rotatable bonds is 8. The lowest BCUT2D eigenvalue weighted by Crippen LogP contribution is -2.11. The third kappa shape index (κ3) is 7.12. The summed E-state index contributed by atoms with van der Waals surface area (Å²) in [6.07, 6.45) is 0. The molecule has 0 radical (unpaired) electrons. The Bertz CT molecular complexity index is 1060. The van der Waals surface area contributed by atoms with Gasteiger partial charge >= 0.3 is 11.3 Å². The number of ether oxygens (including phenoxy) is 3. The predicted molar refractivity (Wildman–Crippen MR) is 127 cm³/mol. The quantitative estimate of drug-likeness (QED) is 0.231. The van der Waals surface area contributed by atoms with Crippen molar-refractivity contribution in [2.75, 3.05) is 19.7 Å². The van der Waals surface area contributed by atoms with Crippen LogP contribution in [0, 0.1) is 18.3 Å². The van der Waals surface area contributed by atoms with Crippen molar-refractivity contribution in [3.63, 3.8) is 0 Å². The number of allylic oxidation sites excluding steroid dienone is 1. The maximum Gasteiger partial charge on any atom is 0.370 e. The average Bonchev–Trinajstić information content (AvgIpc) is 3.16. The van der Waals surface area contributed by atoms with E-state index in [4.69, 9.17) is 9.47 Å². The van der Waals surface area contributed by atoms with Crippen LogP contribution in [0.15, 0.2) is 30.3 Å². The fourth-order valence-corrected chi connectivity index (χ4v) is 3.47. The van der Waals surface area contributed by atoms with Crippen LogP contribution in [0.2, 0.25) is 0 Å². The molecule has 0 unspecified atom stereocenters. The molecule has 1 heterocycles. The van der Waals surface area contributed by atoms with Gasteiger partial charge in [-0.25, -0.2) is 4.79 Å². The van der Waals surface area contributed by atoms with Gasteiger partial charge in [0.2, 0.25) is 6.79 Å². The van der Waals surface area contributed by atoms with E-state index in [2.05, 4.69) is 36.7 Å². The van der Waals surface area contributed by atoms with E-state index in [1.165, 1.54) is 7.11 Å². The molecule has 9 heteroatoms. The number of esters is 1. The molecule has 0 saturated heterocycles. The molecule has 0 N–H and O–H groups in total. The minimum absolute atomic E-state index is 0.0254. The van der Waals surface area contributed by atoms with E-state index in [9.17, 15) is 14.9 Å². The van der Waals surface area contributed by atoms with E-state index in [1.807, 2.05) is 44.2 Å². The number of nitriles is 1. The number of benzene rings is 1. The molecule has 0 fully saturated rings. The summed E-state index contributed by atoms with van der Waals surface area (Å²) in [7, 11) is 1.24. The smallest absolute Gasteiger partial charge is 0.370 e. The highest BCUT2D eigenvalue weighted by Gasteiger charge is 2.20. The Morgan fingerprint density at radius 2 is 1.85 bits per heavy atom. The third-order valence-corrected chi connectivity index (χ3v) is 5.46. The van der Waals surface area contributed by atoms with Crippen molar-refractivity contribution in [2.24, 2.45) is 0 Å². The molecule has 8 nitrogen and oxygen atoms in total. The highest BCUT2D eigenvalue weighted by molar-refractivity contribution is 8.13. The number of hydrogen-bond acceptors (Lipinski definition) is 8. The van der Waals surface area contributed by atoms with Gasteiger partial charge in [0, 0.05) is 6.54 Å². The van der Waals surface area contributed by atoms with Crippen molar-refractivity contribution in [2.45, 2.75) is 46.6 Å². The van der Waals surface area contributed by atoms with Crippen LogP contribution in [-0.2, 0) is 31.0 Å². The molecular formula is C24H29N3O5S. The summed E-state index contributed by atoms with van der Waals surface area (Å²) in [5, 5.41) is 13.8. The average molecular weight is 472 g/mol. The van der Waals surface area contributed by atoms with Gasteiger partial charge in [-0.1, -0.05) is 45.0 Å². The van der Waals surface area contributed by atoms with Gasteiger partial charge in [-0.3, -0.25) is 9.48 Å². The molecule has 0 atom stereocenters. The van der Waals surface area contributed by atoms with Crippen LogP contribution in [-0.4, -0.2) is 40.7 Å². The highest BCUT2D eigenvalue weighted by atomic mass is 32.2. The molecule has 0 aliphatic carbocycles. The fourth-order valence-electron chi connectivity index (χ4n) is 2.98. The van der Waals surface area contributed by atoms with Crippen molar-refractivity contribution < 1.29 is 23.8 Å². The van der Waals surface area contributed by atoms with Crippen LogP contribution in [0.1, 0.15) is 50.2 Å². The van der Waals surface area contributed by atoms with Gasteiger partial charge in [0.25, 0.3) is 0 Å². The Morgan fingerprint density at radius 3 is 2.39 bits per heavy atom. The minimum atomic E-state index is -0.687. The highest BCUT2D eigenvalue weighted by Crippen LogP contribution is 2.30. The molecule has 33 heavy (non-hydrogen) atoms. The largest absolute Gasteiger partial charge is 0.468 e. The summed E-state index contributed by atoms with van der Waals surface area (Å²) in [6, 6.07) is 11.8. The number of hydrogen-bond donors (Lipinski definition) is 0. The normalized spacial score (nSPS) is 11.9. The van der Waals surface area contributed by atoms with E-state index in [1.54, 1.807) is 4.68 Å². The lowest BCUT2D eigenvalue weighted by Gasteiger charge is -2.19. The number of aryl methyl sites for hydroxylation is 2. The van der Waals surface area contributed by atoms with E-state index < -0.39 is 18.1 Å². The topological polar surface area (TPSA) is 103 Å². The van der Waals surface area contributed by atoms with E-state index >= 15 is 0 Å². The van der Waals surface area contributed by atoms with Crippen LogP contribution in [0.3, 0.4) is 0 Å². The van der Waals surface area contributed by atoms with Gasteiger partial charge in [-0.2, -0.15) is 10.4 Å². The number of carbonyl (C=O) groups excluding carboxylic acids is 2. The number of methoxy groups -OCH3 is 1. The Hall–Kier alpha value is -3.25. The first-order valence-corrected chi connectivity index (χ1v) is 11.4. The summed E-state index contributed by atoms with van der Waals surface area (Å²) in [5.74, 6) is -0.441. The van der Waals surface area contributed by atoms with Crippen molar-refractivity contribution in [3.8, 4) is 6.07 Å². The second-order valence-electron chi connectivity index (χ2n) is 8.15. The molecule has 0 saturated carbocycles. The molecule has 1 aromatic carbocycles. The number of carbonyl (C=O) groups is 2. The molecule has 2 aromatic rings. The van der Waals surface area contributed by atoms with Crippen LogP contribution >= 0.6 is 11.8 Å². The molecule has 0 spiro atoms. The molecule has 0 amide bonds. The zero-order valence-corrected chi connectivity index (χ0v) is 20.6. The second kappa shape index (κ2) is 11.6. The Balaban J connectivity index is 2.37. The van der Waals surface area contributed by atoms with Gasteiger partial charge in [0.15, 0.2) is 5.76 Å². The summed E-state index contributed by atoms with van der Waals surface area (Å²) in [5.41, 5.74) is 3.44. The summed E-state index contributed by atoms with van der Waals surface area (Å²) < 4.78 is 17.1. The second-order valence-corrected chi connectivity index (χ2v) is 9.06. The maximum absolute atomic E-state index is 11.9. The van der Waals surface area contributed by atoms with Gasteiger partial charge in [0.05, 0.1) is 12.8 Å². The SMILES string of the molecule is CCn1nc(C)cc1/C(OCOC(=O)SCC(=O)OC)=C(\C#N)c1ccc(C(C)(C)C)cc1. The lowest BCUT2D eigenvalue weighted by atomic mass is 9.86. The molecule has 0 aliphatic heterocycles. The van der Waals surface area contributed by atoms with Crippen molar-refractivity contribution >= 4 is 34.4 Å². The summed E-state index contributed by atoms with van der Waals surface area (Å²) >= 11 is 0.668. The van der Waals surface area contributed by atoms with Crippen LogP contribution in [0.4, 0.5) is 4.79 Å². The fraction of sp³-hybridized carbons (Fsp3) is 0.417. The zero-order valence-electron chi connectivity index (χ0n) is 19.8. The lowest BCUT2D eigenvalue weighted by molar-refractivity contribution is -0.137. The van der Waals surface area contributed by atoms with Crippen LogP contribution in [0.25, 0.3) is 11.3 Å². The van der Waals surface area contributed by atoms with Gasteiger partial charge in [0.1, 0.15) is 23.1 Å². The minimum Gasteiger partial charge on any atom is -0.468 e. The van der Waals surface area contributed by atoms with Crippen molar-refractivity contribution in [1.29, 1.82) is 5.26 Å². The first kappa shape index (κ1) is 26.0. The van der Waals surface area contributed by atoms with Crippen molar-refractivity contribution in [1.82, 2.24) is 9.78 Å². The third-order valence-electron chi connectivity index (χ3n) is 4.73. The molecule has 0 bridgehead atoms. The van der Waals surface area contributed by atoms with Crippen LogP contribution in [0.5, 0.6) is 0 Å². The first-order chi connectivity index (χ1) is 15.6. The maximum atomic E-state index is 11.9. The summed E-state index contributed by atoms with van der Waals surface area (Å²) in [4.78, 5) is 23.1. The van der Waals surface area contributed by atoms with Crippen LogP contribution < -0.4 is 0 Å². The Morgan fingerprint density at radius 1 is 1.18 bits per heavy atom. The number of aromatic nitrogens is 2. The van der Waals surface area contributed by atoms with Gasteiger partial charge in [-0.05, 0) is 48.2 Å².